The quantitative estimate of drug-likeness (QED) is 0.645. The highest BCUT2D eigenvalue weighted by molar-refractivity contribution is 7.15. The lowest BCUT2D eigenvalue weighted by Crippen LogP contribution is -2.48. The average molecular weight is 401 g/mol. The van der Waals surface area contributed by atoms with Gasteiger partial charge in [-0.1, -0.05) is 0 Å². The third-order valence-corrected chi connectivity index (χ3v) is 5.86. The molecule has 0 saturated carbocycles. The fraction of sp³-hybridized carbons (Fsp3) is 0.474. The Bertz CT molecular complexity index is 1040. The van der Waals surface area contributed by atoms with Gasteiger partial charge in [0.15, 0.2) is 4.96 Å². The number of carbonyl (C=O) groups excluding carboxylic acids is 1. The van der Waals surface area contributed by atoms with Gasteiger partial charge in [-0.3, -0.25) is 23.6 Å². The summed E-state index contributed by atoms with van der Waals surface area (Å²) in [6.45, 7) is 8.21. The van der Waals surface area contributed by atoms with Crippen LogP contribution in [0.4, 0.5) is 0 Å². The number of thiazole rings is 1. The van der Waals surface area contributed by atoms with Crippen LogP contribution in [0, 0.1) is 13.8 Å². The Hall–Kier alpha value is -2.52. The maximum absolute atomic E-state index is 12.5. The Morgan fingerprint density at radius 3 is 2.68 bits per heavy atom. The number of aryl methyl sites for hydroxylation is 3. The van der Waals surface area contributed by atoms with Gasteiger partial charge in [-0.2, -0.15) is 5.10 Å². The van der Waals surface area contributed by atoms with Crippen molar-refractivity contribution in [3.05, 3.63) is 51.1 Å². The van der Waals surface area contributed by atoms with Crippen LogP contribution >= 0.6 is 11.3 Å². The molecule has 0 radical (unpaired) electrons. The molecule has 1 aliphatic heterocycles. The summed E-state index contributed by atoms with van der Waals surface area (Å²) in [5.41, 5.74) is 2.81. The number of hydrogen-bond donors (Lipinski definition) is 0. The molecule has 0 atom stereocenters. The van der Waals surface area contributed by atoms with Crippen LogP contribution in [0.15, 0.2) is 28.5 Å². The van der Waals surface area contributed by atoms with Crippen molar-refractivity contribution in [1.82, 2.24) is 29.0 Å². The summed E-state index contributed by atoms with van der Waals surface area (Å²) in [5.74, 6) is 0.170. The predicted octanol–water partition coefficient (Wildman–Crippen LogP) is 1.30. The van der Waals surface area contributed by atoms with Gasteiger partial charge in [0.25, 0.3) is 5.56 Å². The molecule has 0 aliphatic carbocycles. The molecule has 28 heavy (non-hydrogen) atoms. The van der Waals surface area contributed by atoms with E-state index in [2.05, 4.69) is 15.0 Å². The van der Waals surface area contributed by atoms with Gasteiger partial charge in [-0.25, -0.2) is 4.98 Å². The average Bonchev–Trinajstić information content (AvgIpc) is 3.26. The Labute approximate surface area is 167 Å². The van der Waals surface area contributed by atoms with Crippen molar-refractivity contribution in [2.75, 3.05) is 26.2 Å². The van der Waals surface area contributed by atoms with E-state index < -0.39 is 0 Å². The second kappa shape index (κ2) is 7.84. The van der Waals surface area contributed by atoms with E-state index >= 15 is 0 Å². The summed E-state index contributed by atoms with van der Waals surface area (Å²) in [5, 5.41) is 6.28. The van der Waals surface area contributed by atoms with E-state index in [-0.39, 0.29) is 11.5 Å². The molecule has 8 nitrogen and oxygen atoms in total. The third-order valence-electron chi connectivity index (χ3n) is 5.11. The van der Waals surface area contributed by atoms with Gasteiger partial charge in [0.2, 0.25) is 5.91 Å². The summed E-state index contributed by atoms with van der Waals surface area (Å²) < 4.78 is 3.46. The molecule has 3 aromatic rings. The van der Waals surface area contributed by atoms with Crippen LogP contribution in [-0.4, -0.2) is 61.1 Å². The first-order valence-corrected chi connectivity index (χ1v) is 10.3. The van der Waals surface area contributed by atoms with Gasteiger partial charge in [0.1, 0.15) is 0 Å². The van der Waals surface area contributed by atoms with E-state index in [4.69, 9.17) is 0 Å². The van der Waals surface area contributed by atoms with Crippen molar-refractivity contribution in [3.63, 3.8) is 0 Å². The summed E-state index contributed by atoms with van der Waals surface area (Å²) in [6.07, 6.45) is 2.21. The van der Waals surface area contributed by atoms with Crippen molar-refractivity contribution in [3.8, 4) is 0 Å². The molecule has 0 bridgehead atoms. The van der Waals surface area contributed by atoms with Crippen LogP contribution in [0.5, 0.6) is 0 Å². The Balaban J connectivity index is 1.29. The zero-order chi connectivity index (χ0) is 19.7. The number of aromatic nitrogens is 4. The van der Waals surface area contributed by atoms with Gasteiger partial charge < -0.3 is 4.90 Å². The van der Waals surface area contributed by atoms with Crippen molar-refractivity contribution in [1.29, 1.82) is 0 Å². The maximum atomic E-state index is 12.5. The number of piperazine rings is 1. The van der Waals surface area contributed by atoms with Crippen LogP contribution in [0.1, 0.15) is 23.5 Å². The molecule has 0 unspecified atom stereocenters. The second-order valence-corrected chi connectivity index (χ2v) is 8.07. The summed E-state index contributed by atoms with van der Waals surface area (Å²) in [4.78, 5) is 34.1. The van der Waals surface area contributed by atoms with Gasteiger partial charge in [-0.15, -0.1) is 11.3 Å². The minimum atomic E-state index is -0.0424. The van der Waals surface area contributed by atoms with E-state index in [1.807, 2.05) is 34.9 Å². The van der Waals surface area contributed by atoms with E-state index in [0.717, 1.165) is 35.1 Å². The van der Waals surface area contributed by atoms with Crippen LogP contribution in [0.25, 0.3) is 4.96 Å². The molecule has 9 heteroatoms. The third kappa shape index (κ3) is 4.00. The van der Waals surface area contributed by atoms with Gasteiger partial charge in [-0.05, 0) is 19.9 Å². The monoisotopic (exact) mass is 400 g/mol. The number of fused-ring (bicyclic) bond motifs is 1. The van der Waals surface area contributed by atoms with E-state index in [1.165, 1.54) is 11.3 Å². The molecule has 0 N–H and O–H groups in total. The zero-order valence-electron chi connectivity index (χ0n) is 16.2. The van der Waals surface area contributed by atoms with Crippen molar-refractivity contribution >= 4 is 22.2 Å². The SMILES string of the molecule is Cc1cc(C)n(CCC(=O)N2CCN(Cc3cc(=O)n4ccsc4n3)CC2)n1. The number of amides is 1. The number of rotatable bonds is 5. The molecule has 4 rings (SSSR count). The first kappa shape index (κ1) is 18.8. The van der Waals surface area contributed by atoms with Crippen LogP contribution < -0.4 is 5.56 Å². The standard InChI is InChI=1S/C19H24N6O2S/c1-14-11-15(2)25(21-14)4-3-17(26)23-7-5-22(6-8-23)13-16-12-18(27)24-9-10-28-19(24)20-16/h9-12H,3-8,13H2,1-2H3. The summed E-state index contributed by atoms with van der Waals surface area (Å²) in [6, 6.07) is 3.63. The van der Waals surface area contributed by atoms with Crippen molar-refractivity contribution in [2.24, 2.45) is 0 Å². The zero-order valence-corrected chi connectivity index (χ0v) is 17.0. The minimum Gasteiger partial charge on any atom is -0.340 e. The second-order valence-electron chi connectivity index (χ2n) is 7.20. The largest absolute Gasteiger partial charge is 0.340 e. The molecule has 0 aromatic carbocycles. The van der Waals surface area contributed by atoms with Gasteiger partial charge in [0.05, 0.1) is 11.4 Å². The Morgan fingerprint density at radius 1 is 1.18 bits per heavy atom. The molecular formula is C19H24N6O2S. The molecule has 4 heterocycles. The van der Waals surface area contributed by atoms with E-state index in [1.54, 1.807) is 16.7 Å². The topological polar surface area (TPSA) is 75.7 Å². The molecule has 1 fully saturated rings. The van der Waals surface area contributed by atoms with E-state index in [0.29, 0.717) is 32.6 Å². The summed E-state index contributed by atoms with van der Waals surface area (Å²) >= 11 is 1.46. The fourth-order valence-corrected chi connectivity index (χ4v) is 4.35. The highest BCUT2D eigenvalue weighted by atomic mass is 32.1. The molecule has 1 aliphatic rings. The highest BCUT2D eigenvalue weighted by Crippen LogP contribution is 2.11. The first-order valence-electron chi connectivity index (χ1n) is 9.46. The Kier molecular flexibility index (Phi) is 5.27. The lowest BCUT2D eigenvalue weighted by atomic mass is 10.2. The lowest BCUT2D eigenvalue weighted by molar-refractivity contribution is -0.133. The molecule has 1 saturated heterocycles. The van der Waals surface area contributed by atoms with Crippen LogP contribution in [0.3, 0.4) is 0 Å². The number of nitrogens with zero attached hydrogens (tertiary/aromatic N) is 6. The lowest BCUT2D eigenvalue weighted by Gasteiger charge is -2.34. The minimum absolute atomic E-state index is 0.0424. The van der Waals surface area contributed by atoms with Crippen LogP contribution in [0.2, 0.25) is 0 Å². The van der Waals surface area contributed by atoms with Gasteiger partial charge >= 0.3 is 0 Å². The summed E-state index contributed by atoms with van der Waals surface area (Å²) in [7, 11) is 0. The molecule has 1 amide bonds. The maximum Gasteiger partial charge on any atom is 0.258 e. The highest BCUT2D eigenvalue weighted by Gasteiger charge is 2.21. The Morgan fingerprint density at radius 2 is 1.96 bits per heavy atom. The number of hydrogen-bond acceptors (Lipinski definition) is 6. The van der Waals surface area contributed by atoms with Crippen LogP contribution in [-0.2, 0) is 17.9 Å². The number of carbonyl (C=O) groups is 1. The smallest absolute Gasteiger partial charge is 0.258 e. The molecule has 3 aromatic heterocycles. The normalized spacial score (nSPS) is 15.4. The van der Waals surface area contributed by atoms with Gasteiger partial charge in [0, 0.05) is 69.0 Å². The first-order chi connectivity index (χ1) is 13.5. The van der Waals surface area contributed by atoms with Crippen molar-refractivity contribution in [2.45, 2.75) is 33.4 Å². The molecule has 0 spiro atoms. The van der Waals surface area contributed by atoms with Crippen molar-refractivity contribution < 1.29 is 4.79 Å². The molecular weight excluding hydrogens is 376 g/mol. The predicted molar refractivity (Wildman–Crippen MR) is 108 cm³/mol. The fourth-order valence-electron chi connectivity index (χ4n) is 3.61. The van der Waals surface area contributed by atoms with E-state index in [9.17, 15) is 9.59 Å². The molecule has 148 valence electrons.